The molecular formula is C12H13F2N3O2. The average Bonchev–Trinajstić information content (AvgIpc) is 2.74. The van der Waals surface area contributed by atoms with Gasteiger partial charge in [-0.2, -0.15) is 4.98 Å². The molecule has 0 unspecified atom stereocenters. The molecule has 5 nitrogen and oxygen atoms in total. The fraction of sp³-hybridized carbons (Fsp3) is 0.333. The standard InChI is InChI=1S/C12H13F2N3O2/c1-7-16-11(19-17-7)6-18-12-9(13)3-8(5-15-2)4-10(12)14/h3-4,15H,5-6H2,1-2H3. The van der Waals surface area contributed by atoms with Crippen LogP contribution in [0.5, 0.6) is 5.75 Å². The zero-order chi connectivity index (χ0) is 13.8. The molecule has 2 aromatic rings. The highest BCUT2D eigenvalue weighted by Gasteiger charge is 2.14. The zero-order valence-electron chi connectivity index (χ0n) is 10.5. The lowest BCUT2D eigenvalue weighted by Crippen LogP contribution is -2.07. The highest BCUT2D eigenvalue weighted by Crippen LogP contribution is 2.24. The minimum atomic E-state index is -0.763. The second-order valence-corrected chi connectivity index (χ2v) is 3.94. The smallest absolute Gasteiger partial charge is 0.264 e. The van der Waals surface area contributed by atoms with E-state index in [-0.39, 0.29) is 12.5 Å². The number of nitrogens with zero attached hydrogens (tertiary/aromatic N) is 2. The lowest BCUT2D eigenvalue weighted by atomic mass is 10.2. The maximum atomic E-state index is 13.7. The number of aromatic nitrogens is 2. The summed E-state index contributed by atoms with van der Waals surface area (Å²) in [5.41, 5.74) is 0.499. The number of benzene rings is 1. The van der Waals surface area contributed by atoms with Gasteiger partial charge in [0, 0.05) is 6.54 Å². The molecule has 1 aromatic heterocycles. The Balaban J connectivity index is 2.11. The van der Waals surface area contributed by atoms with E-state index in [9.17, 15) is 8.78 Å². The van der Waals surface area contributed by atoms with Crippen LogP contribution in [0, 0.1) is 18.6 Å². The van der Waals surface area contributed by atoms with Gasteiger partial charge >= 0.3 is 0 Å². The van der Waals surface area contributed by atoms with Gasteiger partial charge in [-0.15, -0.1) is 0 Å². The van der Waals surface area contributed by atoms with Crippen molar-refractivity contribution in [2.45, 2.75) is 20.1 Å². The number of nitrogens with one attached hydrogen (secondary N) is 1. The van der Waals surface area contributed by atoms with Crippen LogP contribution in [-0.4, -0.2) is 17.2 Å². The third-order valence-electron chi connectivity index (χ3n) is 2.35. The van der Waals surface area contributed by atoms with Gasteiger partial charge in [0.2, 0.25) is 0 Å². The van der Waals surface area contributed by atoms with Gasteiger partial charge in [0.15, 0.2) is 29.8 Å². The topological polar surface area (TPSA) is 60.2 Å². The second-order valence-electron chi connectivity index (χ2n) is 3.94. The molecule has 1 aromatic carbocycles. The third-order valence-corrected chi connectivity index (χ3v) is 2.35. The number of hydrogen-bond acceptors (Lipinski definition) is 5. The molecule has 0 radical (unpaired) electrons. The molecule has 1 heterocycles. The van der Waals surface area contributed by atoms with E-state index in [4.69, 9.17) is 9.26 Å². The van der Waals surface area contributed by atoms with E-state index in [0.717, 1.165) is 0 Å². The average molecular weight is 269 g/mol. The van der Waals surface area contributed by atoms with Crippen LogP contribution in [0.25, 0.3) is 0 Å². The monoisotopic (exact) mass is 269 g/mol. The van der Waals surface area contributed by atoms with Crippen LogP contribution in [0.4, 0.5) is 8.78 Å². The van der Waals surface area contributed by atoms with Crippen LogP contribution >= 0.6 is 0 Å². The summed E-state index contributed by atoms with van der Waals surface area (Å²) in [5, 5.41) is 6.36. The molecule has 0 saturated heterocycles. The van der Waals surface area contributed by atoms with E-state index >= 15 is 0 Å². The summed E-state index contributed by atoms with van der Waals surface area (Å²) in [6.07, 6.45) is 0. The summed E-state index contributed by atoms with van der Waals surface area (Å²) >= 11 is 0. The van der Waals surface area contributed by atoms with E-state index in [1.165, 1.54) is 12.1 Å². The van der Waals surface area contributed by atoms with Gasteiger partial charge in [-0.3, -0.25) is 0 Å². The van der Waals surface area contributed by atoms with E-state index in [1.54, 1.807) is 14.0 Å². The molecular weight excluding hydrogens is 256 g/mol. The summed E-state index contributed by atoms with van der Waals surface area (Å²) < 4.78 is 37.2. The van der Waals surface area contributed by atoms with E-state index in [1.807, 2.05) is 0 Å². The lowest BCUT2D eigenvalue weighted by molar-refractivity contribution is 0.224. The minimum absolute atomic E-state index is 0.163. The van der Waals surface area contributed by atoms with Gasteiger partial charge in [0.05, 0.1) is 0 Å². The lowest BCUT2D eigenvalue weighted by Gasteiger charge is -2.08. The maximum absolute atomic E-state index is 13.7. The fourth-order valence-corrected chi connectivity index (χ4v) is 1.59. The van der Waals surface area contributed by atoms with Crippen LogP contribution in [-0.2, 0) is 13.2 Å². The highest BCUT2D eigenvalue weighted by molar-refractivity contribution is 5.31. The van der Waals surface area contributed by atoms with Crippen molar-refractivity contribution in [3.63, 3.8) is 0 Å². The molecule has 19 heavy (non-hydrogen) atoms. The number of aryl methyl sites for hydroxylation is 1. The normalized spacial score (nSPS) is 10.7. The van der Waals surface area contributed by atoms with Crippen molar-refractivity contribution in [2.75, 3.05) is 7.05 Å². The van der Waals surface area contributed by atoms with Crippen molar-refractivity contribution < 1.29 is 18.0 Å². The zero-order valence-corrected chi connectivity index (χ0v) is 10.5. The van der Waals surface area contributed by atoms with Gasteiger partial charge in [-0.05, 0) is 31.7 Å². The van der Waals surface area contributed by atoms with Crippen LogP contribution in [0.3, 0.4) is 0 Å². The first-order valence-corrected chi connectivity index (χ1v) is 5.64. The molecule has 0 atom stereocenters. The first kappa shape index (κ1) is 13.4. The molecule has 2 rings (SSSR count). The molecule has 0 saturated carbocycles. The van der Waals surface area contributed by atoms with Crippen molar-refractivity contribution >= 4 is 0 Å². The largest absolute Gasteiger partial charge is 0.478 e. The van der Waals surface area contributed by atoms with Crippen LogP contribution in [0.1, 0.15) is 17.3 Å². The molecule has 0 amide bonds. The second kappa shape index (κ2) is 5.75. The molecule has 0 aliphatic carbocycles. The van der Waals surface area contributed by atoms with Gasteiger partial charge < -0.3 is 14.6 Å². The number of halogens is 2. The van der Waals surface area contributed by atoms with Gasteiger partial charge in [-0.25, -0.2) is 8.78 Å². The summed E-state index contributed by atoms with van der Waals surface area (Å²) in [7, 11) is 1.69. The Bertz CT molecular complexity index is 549. The van der Waals surface area contributed by atoms with E-state index in [0.29, 0.717) is 17.9 Å². The summed E-state index contributed by atoms with van der Waals surface area (Å²) in [6, 6.07) is 2.43. The van der Waals surface area contributed by atoms with E-state index < -0.39 is 17.4 Å². The highest BCUT2D eigenvalue weighted by atomic mass is 19.1. The number of rotatable bonds is 5. The Morgan fingerprint density at radius 2 is 2.00 bits per heavy atom. The summed E-state index contributed by atoms with van der Waals surface area (Å²) in [6.45, 7) is 1.83. The van der Waals surface area contributed by atoms with Crippen LogP contribution in [0.2, 0.25) is 0 Å². The maximum Gasteiger partial charge on any atom is 0.264 e. The Hall–Kier alpha value is -2.02. The predicted molar refractivity (Wildman–Crippen MR) is 62.5 cm³/mol. The Morgan fingerprint density at radius 3 is 2.53 bits per heavy atom. The Labute approximate surface area is 108 Å². The first-order valence-electron chi connectivity index (χ1n) is 5.64. The van der Waals surface area contributed by atoms with Gasteiger partial charge in [-0.1, -0.05) is 5.16 Å². The fourth-order valence-electron chi connectivity index (χ4n) is 1.59. The minimum Gasteiger partial charge on any atom is -0.478 e. The van der Waals surface area contributed by atoms with Crippen LogP contribution < -0.4 is 10.1 Å². The molecule has 0 spiro atoms. The van der Waals surface area contributed by atoms with Crippen molar-refractivity contribution in [1.82, 2.24) is 15.5 Å². The van der Waals surface area contributed by atoms with Crippen molar-refractivity contribution in [1.29, 1.82) is 0 Å². The summed E-state index contributed by atoms with van der Waals surface area (Å²) in [5.74, 6) is -1.38. The van der Waals surface area contributed by atoms with E-state index in [2.05, 4.69) is 15.5 Å². The molecule has 102 valence electrons. The molecule has 1 N–H and O–H groups in total. The molecule has 0 bridgehead atoms. The predicted octanol–water partition coefficient (Wildman–Crippen LogP) is 1.95. The molecule has 0 fully saturated rings. The number of ether oxygens (including phenoxy) is 1. The third kappa shape index (κ3) is 3.25. The quantitative estimate of drug-likeness (QED) is 0.899. The van der Waals surface area contributed by atoms with Crippen LogP contribution in [0.15, 0.2) is 16.7 Å². The summed E-state index contributed by atoms with van der Waals surface area (Å²) in [4.78, 5) is 3.87. The van der Waals surface area contributed by atoms with Crippen molar-refractivity contribution in [3.05, 3.63) is 41.0 Å². The van der Waals surface area contributed by atoms with Gasteiger partial charge in [0.25, 0.3) is 5.89 Å². The van der Waals surface area contributed by atoms with Crippen molar-refractivity contribution in [3.8, 4) is 5.75 Å². The number of hydrogen-bond donors (Lipinski definition) is 1. The Kier molecular flexibility index (Phi) is 4.06. The SMILES string of the molecule is CNCc1cc(F)c(OCc2nc(C)no2)c(F)c1. The van der Waals surface area contributed by atoms with Crippen molar-refractivity contribution in [2.24, 2.45) is 0 Å². The first-order chi connectivity index (χ1) is 9.10. The molecule has 0 aliphatic rings. The van der Waals surface area contributed by atoms with Gasteiger partial charge in [0.1, 0.15) is 0 Å². The Morgan fingerprint density at radius 1 is 1.32 bits per heavy atom. The molecule has 0 aliphatic heterocycles. The molecule has 7 heteroatoms.